The average molecular weight is 403 g/mol. The van der Waals surface area contributed by atoms with Crippen molar-refractivity contribution >= 4 is 41.6 Å². The number of benzene rings is 1. The summed E-state index contributed by atoms with van der Waals surface area (Å²) in [5.41, 5.74) is -0.140. The van der Waals surface area contributed by atoms with Crippen molar-refractivity contribution < 1.29 is 22.3 Å². The van der Waals surface area contributed by atoms with Crippen molar-refractivity contribution in [3.8, 4) is 0 Å². The fourth-order valence-corrected chi connectivity index (χ4v) is 3.85. The van der Waals surface area contributed by atoms with Crippen LogP contribution in [0.15, 0.2) is 21.5 Å². The van der Waals surface area contributed by atoms with Crippen molar-refractivity contribution in [2.45, 2.75) is 24.3 Å². The number of carbonyl (C=O) groups excluding carboxylic acids is 1. The van der Waals surface area contributed by atoms with Gasteiger partial charge in [-0.1, -0.05) is 0 Å². The number of nitrogens with one attached hydrogen (secondary N) is 1. The fourth-order valence-electron chi connectivity index (χ4n) is 1.58. The number of hydrogen-bond donors (Lipinski definition) is 1. The van der Waals surface area contributed by atoms with Crippen molar-refractivity contribution in [3.05, 3.63) is 28.0 Å². The zero-order valence-electron chi connectivity index (χ0n) is 11.3. The zero-order valence-corrected chi connectivity index (χ0v) is 14.5. The van der Waals surface area contributed by atoms with Crippen LogP contribution in [0.25, 0.3) is 0 Å². The van der Waals surface area contributed by atoms with Crippen LogP contribution >= 0.6 is 26.6 Å². The molecule has 118 valence electrons. The number of carbonyl (C=O) groups is 1. The molecule has 21 heavy (non-hydrogen) atoms. The molecule has 0 bridgehead atoms. The molecule has 1 amide bonds. The van der Waals surface area contributed by atoms with E-state index < -0.39 is 25.7 Å². The smallest absolute Gasteiger partial charge is 0.262 e. The van der Waals surface area contributed by atoms with E-state index in [-0.39, 0.29) is 16.1 Å². The van der Waals surface area contributed by atoms with E-state index in [4.69, 9.17) is 15.4 Å². The van der Waals surface area contributed by atoms with Gasteiger partial charge in [0.05, 0.1) is 10.0 Å². The first kappa shape index (κ1) is 18.3. The van der Waals surface area contributed by atoms with Crippen LogP contribution in [0.5, 0.6) is 0 Å². The molecule has 1 aromatic carbocycles. The molecule has 0 saturated carbocycles. The molecule has 5 nitrogen and oxygen atoms in total. The van der Waals surface area contributed by atoms with Gasteiger partial charge < -0.3 is 10.1 Å². The summed E-state index contributed by atoms with van der Waals surface area (Å²) >= 11 is 2.98. The highest BCUT2D eigenvalue weighted by Gasteiger charge is 2.23. The van der Waals surface area contributed by atoms with E-state index in [0.717, 1.165) is 12.1 Å². The van der Waals surface area contributed by atoms with Gasteiger partial charge in [-0.25, -0.2) is 12.8 Å². The van der Waals surface area contributed by atoms with Crippen molar-refractivity contribution in [1.29, 1.82) is 0 Å². The van der Waals surface area contributed by atoms with Crippen LogP contribution < -0.4 is 5.32 Å². The van der Waals surface area contributed by atoms with Gasteiger partial charge in [0, 0.05) is 30.4 Å². The first-order valence-corrected chi connectivity index (χ1v) is 9.00. The summed E-state index contributed by atoms with van der Waals surface area (Å²) in [6.07, 6.45) is 0.565. The van der Waals surface area contributed by atoms with Gasteiger partial charge in [0.15, 0.2) is 0 Å². The lowest BCUT2D eigenvalue weighted by Gasteiger charge is -2.15. The molecule has 1 unspecified atom stereocenters. The van der Waals surface area contributed by atoms with Crippen molar-refractivity contribution in [1.82, 2.24) is 5.32 Å². The van der Waals surface area contributed by atoms with Gasteiger partial charge in [-0.05, 0) is 41.4 Å². The van der Waals surface area contributed by atoms with Gasteiger partial charge in [-0.3, -0.25) is 4.79 Å². The Labute approximate surface area is 135 Å². The second-order valence-electron chi connectivity index (χ2n) is 4.36. The first-order valence-electron chi connectivity index (χ1n) is 5.90. The predicted octanol–water partition coefficient (Wildman–Crippen LogP) is 2.67. The van der Waals surface area contributed by atoms with Gasteiger partial charge in [0.1, 0.15) is 10.7 Å². The normalized spacial score (nSPS) is 13.0. The highest BCUT2D eigenvalue weighted by Crippen LogP contribution is 2.29. The van der Waals surface area contributed by atoms with Gasteiger partial charge in [0.25, 0.3) is 15.0 Å². The maximum absolute atomic E-state index is 13.5. The highest BCUT2D eigenvalue weighted by atomic mass is 79.9. The van der Waals surface area contributed by atoms with E-state index in [9.17, 15) is 17.6 Å². The van der Waals surface area contributed by atoms with Crippen LogP contribution in [0, 0.1) is 5.82 Å². The molecule has 0 aliphatic heterocycles. The van der Waals surface area contributed by atoms with Crippen LogP contribution in [0.3, 0.4) is 0 Å². The summed E-state index contributed by atoms with van der Waals surface area (Å²) in [5, 5.41) is 2.62. The first-order chi connectivity index (χ1) is 9.66. The number of rotatable bonds is 6. The Morgan fingerprint density at radius 2 is 2.14 bits per heavy atom. The molecule has 0 aromatic heterocycles. The molecular weight excluding hydrogens is 389 g/mol. The second-order valence-corrected chi connectivity index (χ2v) is 7.69. The lowest BCUT2D eigenvalue weighted by atomic mass is 10.1. The minimum Gasteiger partial charge on any atom is -0.385 e. The molecule has 1 atom stereocenters. The zero-order chi connectivity index (χ0) is 16.2. The van der Waals surface area contributed by atoms with E-state index in [1.165, 1.54) is 7.11 Å². The number of hydrogen-bond acceptors (Lipinski definition) is 4. The van der Waals surface area contributed by atoms with Gasteiger partial charge >= 0.3 is 0 Å². The van der Waals surface area contributed by atoms with Crippen LogP contribution in [-0.2, 0) is 13.8 Å². The molecule has 0 aliphatic carbocycles. The van der Waals surface area contributed by atoms with Crippen LogP contribution in [-0.4, -0.2) is 34.1 Å². The molecule has 0 fully saturated rings. The third-order valence-corrected chi connectivity index (χ3v) is 5.11. The summed E-state index contributed by atoms with van der Waals surface area (Å²) in [7, 11) is 2.58. The summed E-state index contributed by atoms with van der Waals surface area (Å²) in [6.45, 7) is 2.20. The highest BCUT2D eigenvalue weighted by molar-refractivity contribution is 9.10. The summed E-state index contributed by atoms with van der Waals surface area (Å²) in [6, 6.07) is 1.47. The Morgan fingerprint density at radius 3 is 2.67 bits per heavy atom. The van der Waals surface area contributed by atoms with Crippen LogP contribution in [0.4, 0.5) is 4.39 Å². The molecule has 0 heterocycles. The minimum absolute atomic E-state index is 0.0738. The molecule has 0 radical (unpaired) electrons. The standard InChI is InChI=1S/C12H14BrClFNO4S/c1-7(3-4-20-2)16-12(17)9-5-8(15)6-10(11(9)13)21(14,18)19/h5-7H,3-4H2,1-2H3,(H,16,17). The quantitative estimate of drug-likeness (QED) is 0.743. The predicted molar refractivity (Wildman–Crippen MR) is 80.6 cm³/mol. The number of amides is 1. The Bertz CT molecular complexity index is 638. The monoisotopic (exact) mass is 401 g/mol. The van der Waals surface area contributed by atoms with E-state index in [1.54, 1.807) is 6.92 Å². The molecule has 9 heteroatoms. The lowest BCUT2D eigenvalue weighted by molar-refractivity contribution is 0.0928. The van der Waals surface area contributed by atoms with Crippen molar-refractivity contribution in [2.75, 3.05) is 13.7 Å². The third kappa shape index (κ3) is 5.21. The molecular formula is C12H14BrClFNO4S. The van der Waals surface area contributed by atoms with E-state index in [1.807, 2.05) is 0 Å². The fraction of sp³-hybridized carbons (Fsp3) is 0.417. The summed E-state index contributed by atoms with van der Waals surface area (Å²) < 4.78 is 41.0. The topological polar surface area (TPSA) is 72.5 Å². The Balaban J connectivity index is 3.08. The molecule has 0 saturated heterocycles. The maximum atomic E-state index is 13.5. The SMILES string of the molecule is COCCC(C)NC(=O)c1cc(F)cc(S(=O)(=O)Cl)c1Br. The third-order valence-electron chi connectivity index (χ3n) is 2.64. The number of ether oxygens (including phenoxy) is 1. The van der Waals surface area contributed by atoms with E-state index >= 15 is 0 Å². The van der Waals surface area contributed by atoms with Gasteiger partial charge in [-0.15, -0.1) is 0 Å². The Kier molecular flexibility index (Phi) is 6.58. The summed E-state index contributed by atoms with van der Waals surface area (Å²) in [4.78, 5) is 11.6. The van der Waals surface area contributed by atoms with Gasteiger partial charge in [-0.2, -0.15) is 0 Å². The molecule has 1 aromatic rings. The Morgan fingerprint density at radius 1 is 1.52 bits per heavy atom. The number of methoxy groups -OCH3 is 1. The second kappa shape index (κ2) is 7.53. The van der Waals surface area contributed by atoms with Crippen LogP contribution in [0.1, 0.15) is 23.7 Å². The lowest BCUT2D eigenvalue weighted by Crippen LogP contribution is -2.33. The maximum Gasteiger partial charge on any atom is 0.262 e. The van der Waals surface area contributed by atoms with Crippen molar-refractivity contribution in [3.63, 3.8) is 0 Å². The van der Waals surface area contributed by atoms with Crippen LogP contribution in [0.2, 0.25) is 0 Å². The number of halogens is 3. The molecule has 1 rings (SSSR count). The van der Waals surface area contributed by atoms with E-state index in [0.29, 0.717) is 13.0 Å². The largest absolute Gasteiger partial charge is 0.385 e. The molecule has 0 spiro atoms. The average Bonchev–Trinajstić information content (AvgIpc) is 2.37. The molecule has 0 aliphatic rings. The Hall–Kier alpha value is -0.700. The summed E-state index contributed by atoms with van der Waals surface area (Å²) in [5.74, 6) is -1.47. The molecule has 1 N–H and O–H groups in total. The van der Waals surface area contributed by atoms with E-state index in [2.05, 4.69) is 21.2 Å². The van der Waals surface area contributed by atoms with Crippen molar-refractivity contribution in [2.24, 2.45) is 0 Å². The minimum atomic E-state index is -4.17. The van der Waals surface area contributed by atoms with Gasteiger partial charge in [0.2, 0.25) is 0 Å².